The molecule has 160 valence electrons. The van der Waals surface area contributed by atoms with E-state index in [9.17, 15) is 23.1 Å². The van der Waals surface area contributed by atoms with Gasteiger partial charge in [-0.15, -0.1) is 13.2 Å². The van der Waals surface area contributed by atoms with E-state index in [0.29, 0.717) is 11.3 Å². The Hall–Kier alpha value is -3.59. The van der Waals surface area contributed by atoms with E-state index < -0.39 is 18.5 Å². The number of hydrogen-bond donors (Lipinski definition) is 1. The van der Waals surface area contributed by atoms with Crippen LogP contribution in [0.3, 0.4) is 0 Å². The molecule has 1 N–H and O–H groups in total. The van der Waals surface area contributed by atoms with Crippen molar-refractivity contribution in [1.82, 2.24) is 14.2 Å². The van der Waals surface area contributed by atoms with Crippen molar-refractivity contribution in [2.24, 2.45) is 0 Å². The molecule has 4 rings (SSSR count). The number of ether oxygens (including phenoxy) is 1. The summed E-state index contributed by atoms with van der Waals surface area (Å²) in [5, 5.41) is 14.4. The van der Waals surface area contributed by atoms with E-state index >= 15 is 0 Å². The third kappa shape index (κ3) is 4.17. The van der Waals surface area contributed by atoms with Crippen molar-refractivity contribution in [2.75, 3.05) is 0 Å². The zero-order valence-corrected chi connectivity index (χ0v) is 16.4. The fourth-order valence-electron chi connectivity index (χ4n) is 3.41. The second kappa shape index (κ2) is 7.92. The van der Waals surface area contributed by atoms with Crippen molar-refractivity contribution in [1.29, 1.82) is 0 Å². The lowest BCUT2D eigenvalue weighted by Crippen LogP contribution is -2.24. The minimum Gasteiger partial charge on any atom is -0.405 e. The molecule has 9 heteroatoms. The monoisotopic (exact) mass is 429 g/mol. The van der Waals surface area contributed by atoms with E-state index in [4.69, 9.17) is 0 Å². The Labute approximate surface area is 174 Å². The predicted molar refractivity (Wildman–Crippen MR) is 108 cm³/mol. The molecule has 0 saturated heterocycles. The summed E-state index contributed by atoms with van der Waals surface area (Å²) in [6.07, 6.45) is -1.88. The highest BCUT2D eigenvalue weighted by Crippen LogP contribution is 2.28. The number of halogens is 3. The maximum atomic E-state index is 13.1. The number of alkyl halides is 3. The molecular weight excluding hydrogens is 411 g/mol. The Morgan fingerprint density at radius 1 is 1.06 bits per heavy atom. The standard InChI is InChI=1S/C22H18F3N3O3/c1-14-6-8-15(9-7-14)19-17(13-29)20-21(30)27(10-11-28(20)26-19)12-16-4-2-3-5-18(16)31-22(23,24)25/h2-11,29H,12-13H2,1H3. The Balaban J connectivity index is 1.79. The first-order valence-electron chi connectivity index (χ1n) is 9.39. The largest absolute Gasteiger partial charge is 0.573 e. The molecule has 2 aromatic heterocycles. The van der Waals surface area contributed by atoms with Gasteiger partial charge in [-0.2, -0.15) is 5.10 Å². The molecule has 0 fully saturated rings. The Morgan fingerprint density at radius 3 is 2.45 bits per heavy atom. The van der Waals surface area contributed by atoms with Gasteiger partial charge in [0, 0.05) is 29.1 Å². The molecule has 31 heavy (non-hydrogen) atoms. The molecule has 0 unspecified atom stereocenters. The number of rotatable bonds is 5. The SMILES string of the molecule is Cc1ccc(-c2nn3ccn(Cc4ccccc4OC(F)(F)F)c(=O)c3c2CO)cc1. The van der Waals surface area contributed by atoms with Gasteiger partial charge in [0.05, 0.1) is 18.8 Å². The number of aliphatic hydroxyl groups is 1. The molecule has 0 aliphatic carbocycles. The molecule has 0 amide bonds. The Morgan fingerprint density at radius 2 is 1.77 bits per heavy atom. The van der Waals surface area contributed by atoms with Crippen LogP contribution in [0.2, 0.25) is 0 Å². The Kier molecular flexibility index (Phi) is 5.28. The van der Waals surface area contributed by atoms with Crippen molar-refractivity contribution in [2.45, 2.75) is 26.4 Å². The minimum absolute atomic E-state index is 0.141. The van der Waals surface area contributed by atoms with Crippen molar-refractivity contribution >= 4 is 5.52 Å². The van der Waals surface area contributed by atoms with Crippen LogP contribution in [0.5, 0.6) is 5.75 Å². The molecule has 2 aromatic carbocycles. The molecule has 0 radical (unpaired) electrons. The van der Waals surface area contributed by atoms with Crippen LogP contribution in [-0.4, -0.2) is 25.7 Å². The third-order valence-electron chi connectivity index (χ3n) is 4.88. The van der Waals surface area contributed by atoms with Crippen molar-refractivity contribution in [3.05, 3.63) is 88.0 Å². The number of aliphatic hydroxyl groups excluding tert-OH is 1. The molecule has 0 aliphatic heterocycles. The van der Waals surface area contributed by atoms with Crippen molar-refractivity contribution in [3.63, 3.8) is 0 Å². The summed E-state index contributed by atoms with van der Waals surface area (Å²) in [7, 11) is 0. The number of fused-ring (bicyclic) bond motifs is 1. The second-order valence-corrected chi connectivity index (χ2v) is 7.03. The number of para-hydroxylation sites is 1. The highest BCUT2D eigenvalue weighted by molar-refractivity contribution is 5.72. The number of aryl methyl sites for hydroxylation is 1. The molecule has 6 nitrogen and oxygen atoms in total. The van der Waals surface area contributed by atoms with E-state index in [2.05, 4.69) is 9.84 Å². The van der Waals surface area contributed by atoms with Crippen LogP contribution in [0.25, 0.3) is 16.8 Å². The van der Waals surface area contributed by atoms with Gasteiger partial charge in [0.1, 0.15) is 11.3 Å². The summed E-state index contributed by atoms with van der Waals surface area (Å²) in [6, 6.07) is 13.1. The minimum atomic E-state index is -4.84. The average molecular weight is 429 g/mol. The molecule has 0 aliphatic rings. The van der Waals surface area contributed by atoms with Crippen LogP contribution in [0, 0.1) is 6.92 Å². The van der Waals surface area contributed by atoms with Gasteiger partial charge in [0.25, 0.3) is 5.56 Å². The number of hydrogen-bond acceptors (Lipinski definition) is 4. The number of aromatic nitrogens is 3. The number of nitrogens with zero attached hydrogens (tertiary/aromatic N) is 3. The molecule has 2 heterocycles. The first-order chi connectivity index (χ1) is 14.8. The first-order valence-corrected chi connectivity index (χ1v) is 9.39. The zero-order valence-electron chi connectivity index (χ0n) is 16.4. The van der Waals surface area contributed by atoms with Crippen LogP contribution in [0.15, 0.2) is 65.7 Å². The summed E-state index contributed by atoms with van der Waals surface area (Å²) < 4.78 is 44.8. The van der Waals surface area contributed by atoms with Crippen LogP contribution >= 0.6 is 0 Å². The quantitative estimate of drug-likeness (QED) is 0.522. The van der Waals surface area contributed by atoms with E-state index in [-0.39, 0.29) is 23.4 Å². The van der Waals surface area contributed by atoms with Crippen LogP contribution in [-0.2, 0) is 13.2 Å². The molecule has 0 atom stereocenters. The number of benzene rings is 2. The third-order valence-corrected chi connectivity index (χ3v) is 4.88. The lowest BCUT2D eigenvalue weighted by atomic mass is 10.1. The summed E-state index contributed by atoms with van der Waals surface area (Å²) in [4.78, 5) is 13.1. The van der Waals surface area contributed by atoms with Gasteiger partial charge in [0.2, 0.25) is 0 Å². The van der Waals surface area contributed by atoms with E-state index in [0.717, 1.165) is 11.1 Å². The van der Waals surface area contributed by atoms with E-state index in [1.54, 1.807) is 6.07 Å². The normalized spacial score (nSPS) is 11.8. The van der Waals surface area contributed by atoms with Crippen LogP contribution < -0.4 is 10.3 Å². The summed E-state index contributed by atoms with van der Waals surface area (Å²) in [6.45, 7) is 1.39. The van der Waals surface area contributed by atoms with Crippen LogP contribution in [0.4, 0.5) is 13.2 Å². The van der Waals surface area contributed by atoms with Gasteiger partial charge in [-0.3, -0.25) is 4.79 Å². The summed E-state index contributed by atoms with van der Waals surface area (Å²) in [5.74, 6) is -0.377. The molecule has 0 spiro atoms. The topological polar surface area (TPSA) is 68.8 Å². The second-order valence-electron chi connectivity index (χ2n) is 7.03. The van der Waals surface area contributed by atoms with Gasteiger partial charge in [-0.1, -0.05) is 48.0 Å². The van der Waals surface area contributed by atoms with Crippen LogP contribution in [0.1, 0.15) is 16.7 Å². The average Bonchev–Trinajstić information content (AvgIpc) is 3.10. The molecule has 0 bridgehead atoms. The molecule has 0 saturated carbocycles. The van der Waals surface area contributed by atoms with Gasteiger partial charge in [-0.25, -0.2) is 4.52 Å². The van der Waals surface area contributed by atoms with E-state index in [1.165, 1.54) is 39.7 Å². The van der Waals surface area contributed by atoms with Gasteiger partial charge in [0.15, 0.2) is 0 Å². The maximum Gasteiger partial charge on any atom is 0.573 e. The molecular formula is C22H18F3N3O3. The van der Waals surface area contributed by atoms with Gasteiger partial charge in [-0.05, 0) is 13.0 Å². The highest BCUT2D eigenvalue weighted by atomic mass is 19.4. The molecule has 4 aromatic rings. The lowest BCUT2D eigenvalue weighted by molar-refractivity contribution is -0.274. The van der Waals surface area contributed by atoms with Crippen molar-refractivity contribution < 1.29 is 23.0 Å². The smallest absolute Gasteiger partial charge is 0.405 e. The predicted octanol–water partition coefficient (Wildman–Crippen LogP) is 3.91. The Bertz CT molecular complexity index is 1290. The summed E-state index contributed by atoms with van der Waals surface area (Å²) in [5.41, 5.74) is 2.48. The zero-order chi connectivity index (χ0) is 22.2. The van der Waals surface area contributed by atoms with Gasteiger partial charge >= 0.3 is 6.36 Å². The fraction of sp³-hybridized carbons (Fsp3) is 0.182. The highest BCUT2D eigenvalue weighted by Gasteiger charge is 2.32. The lowest BCUT2D eigenvalue weighted by Gasteiger charge is -2.14. The maximum absolute atomic E-state index is 13.1. The van der Waals surface area contributed by atoms with Crippen molar-refractivity contribution in [3.8, 4) is 17.0 Å². The summed E-state index contributed by atoms with van der Waals surface area (Å²) >= 11 is 0. The fourth-order valence-corrected chi connectivity index (χ4v) is 3.41. The first kappa shape index (κ1) is 20.7. The van der Waals surface area contributed by atoms with E-state index in [1.807, 2.05) is 31.2 Å². The van der Waals surface area contributed by atoms with Gasteiger partial charge < -0.3 is 14.4 Å².